The van der Waals surface area contributed by atoms with Crippen LogP contribution in [0, 0.1) is 5.82 Å². The highest BCUT2D eigenvalue weighted by Gasteiger charge is 2.11. The number of pyridine rings is 1. The fourth-order valence-corrected chi connectivity index (χ4v) is 2.83. The highest BCUT2D eigenvalue weighted by Crippen LogP contribution is 2.28. The van der Waals surface area contributed by atoms with Crippen molar-refractivity contribution in [3.63, 3.8) is 0 Å². The van der Waals surface area contributed by atoms with Crippen molar-refractivity contribution in [2.24, 2.45) is 0 Å². The molecule has 0 unspecified atom stereocenters. The Balaban J connectivity index is 1.51. The maximum atomic E-state index is 13.5. The van der Waals surface area contributed by atoms with Crippen LogP contribution in [0.3, 0.4) is 0 Å². The normalized spacial score (nSPS) is 10.7. The molecule has 0 aliphatic heterocycles. The van der Waals surface area contributed by atoms with Crippen molar-refractivity contribution in [2.45, 2.75) is 6.54 Å². The molecule has 30 heavy (non-hydrogen) atoms. The zero-order chi connectivity index (χ0) is 21.1. The van der Waals surface area contributed by atoms with E-state index in [1.54, 1.807) is 30.3 Å². The average Bonchev–Trinajstić information content (AvgIpc) is 3.15. The summed E-state index contributed by atoms with van der Waals surface area (Å²) in [5.41, 5.74) is 1.56. The van der Waals surface area contributed by atoms with Crippen molar-refractivity contribution < 1.29 is 28.2 Å². The molecule has 0 saturated heterocycles. The number of halogens is 1. The fourth-order valence-electron chi connectivity index (χ4n) is 2.83. The Morgan fingerprint density at radius 3 is 2.80 bits per heavy atom. The van der Waals surface area contributed by atoms with E-state index in [-0.39, 0.29) is 24.1 Å². The molecule has 2 aromatic heterocycles. The molecule has 9 heteroatoms. The number of nitrogens with zero attached hydrogens (tertiary/aromatic N) is 2. The van der Waals surface area contributed by atoms with E-state index in [2.05, 4.69) is 15.3 Å². The van der Waals surface area contributed by atoms with E-state index in [0.29, 0.717) is 33.9 Å². The van der Waals surface area contributed by atoms with Gasteiger partial charge < -0.3 is 24.3 Å². The zero-order valence-corrected chi connectivity index (χ0v) is 15.8. The van der Waals surface area contributed by atoms with Crippen LogP contribution in [0.2, 0.25) is 0 Å². The SMILES string of the molecule is COc1ccc(F)cc1CNc1nc2ccc(Oc3ccnc(C(=O)O)c3)cc2o1. The number of ether oxygens (including phenoxy) is 2. The minimum absolute atomic E-state index is 0.118. The maximum absolute atomic E-state index is 13.5. The Morgan fingerprint density at radius 2 is 2.00 bits per heavy atom. The minimum atomic E-state index is -1.14. The lowest BCUT2D eigenvalue weighted by Crippen LogP contribution is -2.02. The lowest BCUT2D eigenvalue weighted by molar-refractivity contribution is 0.0690. The Kier molecular flexibility index (Phi) is 5.17. The van der Waals surface area contributed by atoms with Gasteiger partial charge in [-0.1, -0.05) is 0 Å². The number of fused-ring (bicyclic) bond motifs is 1. The standard InChI is InChI=1S/C21H16FN3O5/c1-28-18-5-2-13(22)8-12(18)11-24-21-25-16-4-3-14(10-19(16)30-21)29-15-6-7-23-17(9-15)20(26)27/h2-10H,11H2,1H3,(H,24,25)(H,26,27). The molecule has 0 aliphatic carbocycles. The van der Waals surface area contributed by atoms with Crippen LogP contribution in [0.1, 0.15) is 16.1 Å². The van der Waals surface area contributed by atoms with E-state index >= 15 is 0 Å². The molecule has 2 N–H and O–H groups in total. The first kappa shape index (κ1) is 19.2. The number of benzene rings is 2. The van der Waals surface area contributed by atoms with Gasteiger partial charge in [0.25, 0.3) is 6.01 Å². The van der Waals surface area contributed by atoms with E-state index < -0.39 is 5.97 Å². The molecule has 0 aliphatic rings. The fraction of sp³-hybridized carbons (Fsp3) is 0.0952. The number of aromatic carboxylic acids is 1. The minimum Gasteiger partial charge on any atom is -0.496 e. The molecule has 0 fully saturated rings. The van der Waals surface area contributed by atoms with E-state index in [9.17, 15) is 9.18 Å². The molecule has 0 amide bonds. The van der Waals surface area contributed by atoms with Crippen molar-refractivity contribution in [2.75, 3.05) is 12.4 Å². The summed E-state index contributed by atoms with van der Waals surface area (Å²) in [4.78, 5) is 19.1. The largest absolute Gasteiger partial charge is 0.496 e. The van der Waals surface area contributed by atoms with Crippen LogP contribution in [-0.2, 0) is 6.54 Å². The van der Waals surface area contributed by atoms with Gasteiger partial charge >= 0.3 is 5.97 Å². The van der Waals surface area contributed by atoms with E-state index in [4.69, 9.17) is 19.0 Å². The van der Waals surface area contributed by atoms with Crippen molar-refractivity contribution in [3.8, 4) is 17.2 Å². The van der Waals surface area contributed by atoms with Gasteiger partial charge in [0, 0.05) is 30.4 Å². The second-order valence-electron chi connectivity index (χ2n) is 6.24. The summed E-state index contributed by atoms with van der Waals surface area (Å²) in [5.74, 6) is -0.183. The number of oxazole rings is 1. The maximum Gasteiger partial charge on any atom is 0.354 e. The number of nitrogens with one attached hydrogen (secondary N) is 1. The summed E-state index contributed by atoms with van der Waals surface area (Å²) >= 11 is 0. The summed E-state index contributed by atoms with van der Waals surface area (Å²) in [5, 5.41) is 12.0. The highest BCUT2D eigenvalue weighted by molar-refractivity contribution is 5.85. The average molecular weight is 409 g/mol. The second kappa shape index (κ2) is 8.08. The molecule has 0 spiro atoms. The molecular formula is C21H16FN3O5. The number of aromatic nitrogens is 2. The molecule has 0 bridgehead atoms. The van der Waals surface area contributed by atoms with Gasteiger partial charge in [0.05, 0.1) is 7.11 Å². The van der Waals surface area contributed by atoms with Crippen LogP contribution in [0.4, 0.5) is 10.4 Å². The second-order valence-corrected chi connectivity index (χ2v) is 6.24. The van der Waals surface area contributed by atoms with Crippen LogP contribution >= 0.6 is 0 Å². The number of methoxy groups -OCH3 is 1. The van der Waals surface area contributed by atoms with Gasteiger partial charge in [0.1, 0.15) is 28.6 Å². The van der Waals surface area contributed by atoms with Gasteiger partial charge in [-0.15, -0.1) is 0 Å². The number of carbonyl (C=O) groups is 1. The summed E-state index contributed by atoms with van der Waals surface area (Å²) < 4.78 is 30.1. The van der Waals surface area contributed by atoms with Crippen molar-refractivity contribution in [3.05, 3.63) is 71.8 Å². The first-order chi connectivity index (χ1) is 14.5. The Morgan fingerprint density at radius 1 is 1.17 bits per heavy atom. The summed E-state index contributed by atoms with van der Waals surface area (Å²) in [6.07, 6.45) is 1.36. The Labute approximate surface area is 169 Å². The molecule has 8 nitrogen and oxygen atoms in total. The Bertz CT molecular complexity index is 1220. The van der Waals surface area contributed by atoms with Gasteiger partial charge in [-0.05, 0) is 36.4 Å². The lowest BCUT2D eigenvalue weighted by atomic mass is 10.2. The number of hydrogen-bond acceptors (Lipinski definition) is 7. The molecule has 2 aromatic carbocycles. The van der Waals surface area contributed by atoms with Gasteiger partial charge in [-0.2, -0.15) is 4.98 Å². The molecular weight excluding hydrogens is 393 g/mol. The van der Waals surface area contributed by atoms with Crippen LogP contribution in [0.25, 0.3) is 11.1 Å². The van der Waals surface area contributed by atoms with Gasteiger partial charge in [-0.3, -0.25) is 0 Å². The van der Waals surface area contributed by atoms with E-state index in [1.165, 1.54) is 31.5 Å². The lowest BCUT2D eigenvalue weighted by Gasteiger charge is -2.08. The van der Waals surface area contributed by atoms with E-state index in [0.717, 1.165) is 0 Å². The van der Waals surface area contributed by atoms with Gasteiger partial charge in [-0.25, -0.2) is 14.2 Å². The monoisotopic (exact) mass is 409 g/mol. The number of hydrogen-bond donors (Lipinski definition) is 2. The number of carboxylic acids is 1. The molecule has 0 atom stereocenters. The first-order valence-corrected chi connectivity index (χ1v) is 8.86. The summed E-state index contributed by atoms with van der Waals surface area (Å²) in [7, 11) is 1.51. The third kappa shape index (κ3) is 4.14. The summed E-state index contributed by atoms with van der Waals surface area (Å²) in [6, 6.07) is 12.4. The van der Waals surface area contributed by atoms with Crippen LogP contribution in [0.15, 0.2) is 59.1 Å². The predicted octanol–water partition coefficient (Wildman–Crippen LogP) is 4.47. The zero-order valence-electron chi connectivity index (χ0n) is 15.8. The van der Waals surface area contributed by atoms with Crippen LogP contribution in [-0.4, -0.2) is 28.2 Å². The van der Waals surface area contributed by atoms with E-state index in [1.807, 2.05) is 0 Å². The van der Waals surface area contributed by atoms with Crippen molar-refractivity contribution in [1.29, 1.82) is 0 Å². The third-order valence-corrected chi connectivity index (χ3v) is 4.22. The molecule has 2 heterocycles. The van der Waals surface area contributed by atoms with Crippen LogP contribution in [0.5, 0.6) is 17.2 Å². The van der Waals surface area contributed by atoms with Gasteiger partial charge in [0.2, 0.25) is 0 Å². The molecule has 152 valence electrons. The molecule has 4 aromatic rings. The number of carboxylic acid groups (broad SMARTS) is 1. The van der Waals surface area contributed by atoms with Crippen LogP contribution < -0.4 is 14.8 Å². The molecule has 4 rings (SSSR count). The Hall–Kier alpha value is -4.14. The summed E-state index contributed by atoms with van der Waals surface area (Å²) in [6.45, 7) is 0.256. The number of anilines is 1. The van der Waals surface area contributed by atoms with Crippen molar-refractivity contribution >= 4 is 23.1 Å². The molecule has 0 radical (unpaired) electrons. The third-order valence-electron chi connectivity index (χ3n) is 4.22. The smallest absolute Gasteiger partial charge is 0.354 e. The first-order valence-electron chi connectivity index (χ1n) is 8.86. The topological polar surface area (TPSA) is 107 Å². The predicted molar refractivity (Wildman–Crippen MR) is 106 cm³/mol. The highest BCUT2D eigenvalue weighted by atomic mass is 19.1. The quantitative estimate of drug-likeness (QED) is 0.460. The molecule has 0 saturated carbocycles. The number of rotatable bonds is 7. The van der Waals surface area contributed by atoms with Crippen molar-refractivity contribution in [1.82, 2.24) is 9.97 Å². The van der Waals surface area contributed by atoms with Gasteiger partial charge in [0.15, 0.2) is 11.3 Å².